The smallest absolute Gasteiger partial charge is 0.244 e. The van der Waals surface area contributed by atoms with Gasteiger partial charge in [0.2, 0.25) is 10.0 Å². The van der Waals surface area contributed by atoms with E-state index in [4.69, 9.17) is 0 Å². The SMILES string of the molecule is CC(C)NCc1sccc1S(=O)(=O)N(C)C1CCCCC1. The van der Waals surface area contributed by atoms with Crippen LogP contribution >= 0.6 is 11.3 Å². The van der Waals surface area contributed by atoms with Crippen LogP contribution in [0.25, 0.3) is 0 Å². The van der Waals surface area contributed by atoms with Crippen LogP contribution in [0.2, 0.25) is 0 Å². The van der Waals surface area contributed by atoms with Gasteiger partial charge in [0.1, 0.15) is 0 Å². The lowest BCUT2D eigenvalue weighted by molar-refractivity contribution is 0.285. The van der Waals surface area contributed by atoms with E-state index in [2.05, 4.69) is 19.2 Å². The largest absolute Gasteiger partial charge is 0.310 e. The van der Waals surface area contributed by atoms with Crippen molar-refractivity contribution in [3.8, 4) is 0 Å². The first-order valence-corrected chi connectivity index (χ1v) is 10.0. The first-order valence-electron chi connectivity index (χ1n) is 7.70. The molecule has 1 aromatic rings. The minimum absolute atomic E-state index is 0.162. The van der Waals surface area contributed by atoms with Crippen LogP contribution in [0, 0.1) is 0 Å². The van der Waals surface area contributed by atoms with Crippen molar-refractivity contribution in [3.63, 3.8) is 0 Å². The van der Waals surface area contributed by atoms with Crippen LogP contribution in [-0.2, 0) is 16.6 Å². The van der Waals surface area contributed by atoms with Crippen LogP contribution < -0.4 is 5.32 Å². The number of hydrogen-bond donors (Lipinski definition) is 1. The third-order valence-electron chi connectivity index (χ3n) is 4.12. The second kappa shape index (κ2) is 7.22. The van der Waals surface area contributed by atoms with Gasteiger partial charge in [0.15, 0.2) is 0 Å². The molecule has 0 unspecified atom stereocenters. The van der Waals surface area contributed by atoms with E-state index in [9.17, 15) is 8.42 Å². The molecule has 1 N–H and O–H groups in total. The van der Waals surface area contributed by atoms with Gasteiger partial charge in [-0.25, -0.2) is 8.42 Å². The molecule has 1 heterocycles. The second-order valence-corrected chi connectivity index (χ2v) is 9.02. The van der Waals surface area contributed by atoms with Crippen molar-refractivity contribution in [1.29, 1.82) is 0 Å². The predicted octanol–water partition coefficient (Wildman–Crippen LogP) is 3.20. The van der Waals surface area contributed by atoms with E-state index < -0.39 is 10.0 Å². The van der Waals surface area contributed by atoms with E-state index in [1.807, 2.05) is 5.38 Å². The summed E-state index contributed by atoms with van der Waals surface area (Å²) in [5.74, 6) is 0. The van der Waals surface area contributed by atoms with E-state index in [0.29, 0.717) is 17.5 Å². The first kappa shape index (κ1) is 16.9. The fourth-order valence-electron chi connectivity index (χ4n) is 2.78. The molecule has 1 aliphatic rings. The van der Waals surface area contributed by atoms with Crippen LogP contribution in [0.5, 0.6) is 0 Å². The molecule has 4 nitrogen and oxygen atoms in total. The maximum absolute atomic E-state index is 12.9. The van der Waals surface area contributed by atoms with Crippen molar-refractivity contribution in [2.45, 2.75) is 69.5 Å². The number of nitrogens with one attached hydrogen (secondary N) is 1. The zero-order chi connectivity index (χ0) is 15.5. The highest BCUT2D eigenvalue weighted by molar-refractivity contribution is 7.89. The predicted molar refractivity (Wildman–Crippen MR) is 88.1 cm³/mol. The van der Waals surface area contributed by atoms with E-state index in [1.54, 1.807) is 17.4 Å². The monoisotopic (exact) mass is 330 g/mol. The third-order valence-corrected chi connectivity index (χ3v) is 7.17. The van der Waals surface area contributed by atoms with Gasteiger partial charge in [0.05, 0.1) is 4.90 Å². The Morgan fingerprint density at radius 2 is 2.00 bits per heavy atom. The van der Waals surface area contributed by atoms with Crippen molar-refractivity contribution in [2.75, 3.05) is 7.05 Å². The Kier molecular flexibility index (Phi) is 5.82. The summed E-state index contributed by atoms with van der Waals surface area (Å²) in [5, 5.41) is 5.18. The molecule has 0 radical (unpaired) electrons. The molecule has 120 valence electrons. The maximum atomic E-state index is 12.9. The molecule has 1 saturated carbocycles. The summed E-state index contributed by atoms with van der Waals surface area (Å²) in [4.78, 5) is 1.39. The Balaban J connectivity index is 2.17. The van der Waals surface area contributed by atoms with Gasteiger partial charge < -0.3 is 5.32 Å². The molecule has 0 bridgehead atoms. The van der Waals surface area contributed by atoms with Crippen LogP contribution in [0.3, 0.4) is 0 Å². The molecule has 0 spiro atoms. The van der Waals surface area contributed by atoms with Crippen molar-refractivity contribution in [3.05, 3.63) is 16.3 Å². The zero-order valence-electron chi connectivity index (χ0n) is 13.1. The fourth-order valence-corrected chi connectivity index (χ4v) is 5.56. The zero-order valence-corrected chi connectivity index (χ0v) is 14.8. The van der Waals surface area contributed by atoms with Crippen LogP contribution in [0.15, 0.2) is 16.3 Å². The minimum atomic E-state index is -3.37. The third kappa shape index (κ3) is 4.06. The molecular formula is C15H26N2O2S2. The Hall–Kier alpha value is -0.430. The van der Waals surface area contributed by atoms with Crippen molar-refractivity contribution < 1.29 is 8.42 Å². The molecule has 1 fully saturated rings. The summed E-state index contributed by atoms with van der Waals surface area (Å²) in [6.45, 7) is 4.74. The van der Waals surface area contributed by atoms with Crippen LogP contribution in [0.4, 0.5) is 0 Å². The molecule has 2 rings (SSSR count). The van der Waals surface area contributed by atoms with Gasteiger partial charge >= 0.3 is 0 Å². The highest BCUT2D eigenvalue weighted by Crippen LogP contribution is 2.29. The molecular weight excluding hydrogens is 304 g/mol. The summed E-state index contributed by atoms with van der Waals surface area (Å²) in [6.07, 6.45) is 5.47. The van der Waals surface area contributed by atoms with Crippen LogP contribution in [0.1, 0.15) is 50.8 Å². The van der Waals surface area contributed by atoms with Gasteiger partial charge in [-0.05, 0) is 24.3 Å². The lowest BCUT2D eigenvalue weighted by atomic mass is 9.96. The molecule has 0 aromatic carbocycles. The number of nitrogens with zero attached hydrogens (tertiary/aromatic N) is 1. The van der Waals surface area contributed by atoms with Gasteiger partial charge in [-0.2, -0.15) is 4.31 Å². The lowest BCUT2D eigenvalue weighted by Gasteiger charge is -2.30. The molecule has 21 heavy (non-hydrogen) atoms. The molecule has 1 aromatic heterocycles. The van der Waals surface area contributed by atoms with Gasteiger partial charge in [-0.3, -0.25) is 0 Å². The molecule has 0 aliphatic heterocycles. The Morgan fingerprint density at radius 3 is 2.62 bits per heavy atom. The minimum Gasteiger partial charge on any atom is -0.310 e. The topological polar surface area (TPSA) is 49.4 Å². The van der Waals surface area contributed by atoms with Gasteiger partial charge in [-0.15, -0.1) is 11.3 Å². The summed E-state index contributed by atoms with van der Waals surface area (Å²) in [7, 11) is -1.63. The van der Waals surface area contributed by atoms with Crippen LogP contribution in [-0.4, -0.2) is 31.9 Å². The number of thiophene rings is 1. The number of rotatable bonds is 6. The lowest BCUT2D eigenvalue weighted by Crippen LogP contribution is -2.38. The van der Waals surface area contributed by atoms with Crippen molar-refractivity contribution >= 4 is 21.4 Å². The number of sulfonamides is 1. The van der Waals surface area contributed by atoms with E-state index in [-0.39, 0.29) is 6.04 Å². The highest BCUT2D eigenvalue weighted by Gasteiger charge is 2.31. The molecule has 0 saturated heterocycles. The first-order chi connectivity index (χ1) is 9.93. The summed E-state index contributed by atoms with van der Waals surface area (Å²) >= 11 is 1.51. The van der Waals surface area contributed by atoms with E-state index in [1.165, 1.54) is 17.8 Å². The summed E-state index contributed by atoms with van der Waals surface area (Å²) < 4.78 is 27.3. The highest BCUT2D eigenvalue weighted by atomic mass is 32.2. The number of hydrogen-bond acceptors (Lipinski definition) is 4. The van der Waals surface area contributed by atoms with E-state index in [0.717, 1.165) is 30.6 Å². The van der Waals surface area contributed by atoms with Crippen molar-refractivity contribution in [2.24, 2.45) is 0 Å². The van der Waals surface area contributed by atoms with E-state index >= 15 is 0 Å². The second-order valence-electron chi connectivity index (χ2n) is 6.06. The summed E-state index contributed by atoms with van der Waals surface area (Å²) in [6, 6.07) is 2.25. The fraction of sp³-hybridized carbons (Fsp3) is 0.733. The van der Waals surface area contributed by atoms with Gasteiger partial charge in [0, 0.05) is 30.6 Å². The standard InChI is InChI=1S/C15H26N2O2S2/c1-12(2)16-11-14-15(9-10-20-14)21(18,19)17(3)13-7-5-4-6-8-13/h9-10,12-13,16H,4-8,11H2,1-3H3. The van der Waals surface area contributed by atoms with Gasteiger partial charge in [0.25, 0.3) is 0 Å². The normalized spacial score (nSPS) is 17.8. The van der Waals surface area contributed by atoms with Crippen molar-refractivity contribution in [1.82, 2.24) is 9.62 Å². The molecule has 6 heteroatoms. The quantitative estimate of drug-likeness (QED) is 0.871. The molecule has 1 aliphatic carbocycles. The Bertz CT molecular complexity index is 546. The average Bonchev–Trinajstić information content (AvgIpc) is 2.94. The Morgan fingerprint density at radius 1 is 1.33 bits per heavy atom. The maximum Gasteiger partial charge on any atom is 0.244 e. The Labute approximate surface area is 132 Å². The molecule has 0 amide bonds. The van der Waals surface area contributed by atoms with Gasteiger partial charge in [-0.1, -0.05) is 33.1 Å². The average molecular weight is 331 g/mol. The molecule has 0 atom stereocenters. The summed E-state index contributed by atoms with van der Waals surface area (Å²) in [5.41, 5.74) is 0.